The second-order valence-corrected chi connectivity index (χ2v) is 4.48. The van der Waals surface area contributed by atoms with Gasteiger partial charge in [-0.05, 0) is 48.9 Å². The Kier molecular flexibility index (Phi) is 6.33. The Morgan fingerprint density at radius 2 is 2.00 bits per heavy atom. The second-order valence-electron chi connectivity index (χ2n) is 4.04. The zero-order chi connectivity index (χ0) is 13.7. The van der Waals surface area contributed by atoms with Crippen molar-refractivity contribution in [3.05, 3.63) is 58.6 Å². The smallest absolute Gasteiger partial charge is 0.145 e. The molecule has 0 aliphatic rings. The minimum Gasteiger partial charge on any atom is -0.456 e. The molecule has 0 bridgehead atoms. The summed E-state index contributed by atoms with van der Waals surface area (Å²) in [5.41, 5.74) is 7.04. The molecule has 5 heteroatoms. The topological polar surface area (TPSA) is 59.0 Å². The predicted octanol–water partition coefficient (Wildman–Crippen LogP) is 3.93. The SMILES string of the molecule is Cl.N#Cc1cc(Cl)ccc1Oc1cccc(CCN)c1. The maximum atomic E-state index is 9.05. The van der Waals surface area contributed by atoms with Gasteiger partial charge in [0.15, 0.2) is 0 Å². The molecule has 0 saturated carbocycles. The van der Waals surface area contributed by atoms with Gasteiger partial charge in [0.25, 0.3) is 0 Å². The van der Waals surface area contributed by atoms with Crippen LogP contribution in [-0.4, -0.2) is 6.54 Å². The van der Waals surface area contributed by atoms with Crippen LogP contribution in [0.5, 0.6) is 11.5 Å². The summed E-state index contributed by atoms with van der Waals surface area (Å²) in [5, 5.41) is 9.57. The number of nitrogens with zero attached hydrogens (tertiary/aromatic N) is 1. The molecule has 0 heterocycles. The lowest BCUT2D eigenvalue weighted by atomic mass is 10.1. The van der Waals surface area contributed by atoms with E-state index in [1.165, 1.54) is 0 Å². The average molecular weight is 309 g/mol. The van der Waals surface area contributed by atoms with Gasteiger partial charge < -0.3 is 10.5 Å². The van der Waals surface area contributed by atoms with Gasteiger partial charge in [0.05, 0.1) is 5.56 Å². The van der Waals surface area contributed by atoms with E-state index in [-0.39, 0.29) is 12.4 Å². The minimum absolute atomic E-state index is 0. The number of nitrogens with two attached hydrogens (primary N) is 1. The molecule has 2 N–H and O–H groups in total. The van der Waals surface area contributed by atoms with Crippen LogP contribution in [0.1, 0.15) is 11.1 Å². The molecule has 0 radical (unpaired) electrons. The first kappa shape index (κ1) is 16.3. The van der Waals surface area contributed by atoms with Crippen molar-refractivity contribution in [1.82, 2.24) is 0 Å². The largest absolute Gasteiger partial charge is 0.456 e. The Labute approximate surface area is 129 Å². The van der Waals surface area contributed by atoms with Crippen LogP contribution in [0.15, 0.2) is 42.5 Å². The third kappa shape index (κ3) is 4.14. The first-order valence-corrected chi connectivity index (χ1v) is 6.27. The van der Waals surface area contributed by atoms with Crippen molar-refractivity contribution in [3.63, 3.8) is 0 Å². The Hall–Kier alpha value is -1.73. The lowest BCUT2D eigenvalue weighted by Gasteiger charge is -2.09. The summed E-state index contributed by atoms with van der Waals surface area (Å²) < 4.78 is 5.72. The fourth-order valence-corrected chi connectivity index (χ4v) is 1.91. The van der Waals surface area contributed by atoms with E-state index < -0.39 is 0 Å². The van der Waals surface area contributed by atoms with Crippen molar-refractivity contribution in [2.75, 3.05) is 6.54 Å². The molecule has 0 aliphatic heterocycles. The normalized spacial score (nSPS) is 9.45. The molecular weight excluding hydrogens is 295 g/mol. The molecule has 0 amide bonds. The van der Waals surface area contributed by atoms with E-state index in [1.54, 1.807) is 18.2 Å². The van der Waals surface area contributed by atoms with Crippen molar-refractivity contribution >= 4 is 24.0 Å². The molecule has 2 rings (SSSR count). The van der Waals surface area contributed by atoms with E-state index in [4.69, 9.17) is 27.3 Å². The Balaban J connectivity index is 0.00000200. The van der Waals surface area contributed by atoms with Gasteiger partial charge in [-0.3, -0.25) is 0 Å². The first-order chi connectivity index (χ1) is 9.22. The zero-order valence-electron chi connectivity index (χ0n) is 10.7. The van der Waals surface area contributed by atoms with Gasteiger partial charge in [-0.2, -0.15) is 5.26 Å². The van der Waals surface area contributed by atoms with Crippen molar-refractivity contribution in [2.45, 2.75) is 6.42 Å². The molecule has 0 aliphatic carbocycles. The molecule has 0 saturated heterocycles. The maximum Gasteiger partial charge on any atom is 0.145 e. The summed E-state index contributed by atoms with van der Waals surface area (Å²) in [6.07, 6.45) is 0.795. The molecule has 104 valence electrons. The molecule has 2 aromatic rings. The van der Waals surface area contributed by atoms with Crippen LogP contribution in [0, 0.1) is 11.3 Å². The van der Waals surface area contributed by atoms with Gasteiger partial charge in [0.2, 0.25) is 0 Å². The third-order valence-electron chi connectivity index (χ3n) is 2.62. The number of nitriles is 1. The molecule has 0 unspecified atom stereocenters. The quantitative estimate of drug-likeness (QED) is 0.931. The van der Waals surface area contributed by atoms with Gasteiger partial charge in [0, 0.05) is 5.02 Å². The molecule has 0 spiro atoms. The highest BCUT2D eigenvalue weighted by Crippen LogP contribution is 2.27. The van der Waals surface area contributed by atoms with E-state index in [1.807, 2.05) is 24.3 Å². The van der Waals surface area contributed by atoms with Gasteiger partial charge in [-0.1, -0.05) is 23.7 Å². The van der Waals surface area contributed by atoms with Crippen molar-refractivity contribution in [1.29, 1.82) is 5.26 Å². The first-order valence-electron chi connectivity index (χ1n) is 5.89. The number of hydrogen-bond donors (Lipinski definition) is 1. The monoisotopic (exact) mass is 308 g/mol. The van der Waals surface area contributed by atoms with Crippen LogP contribution in [0.2, 0.25) is 5.02 Å². The van der Waals surface area contributed by atoms with Gasteiger partial charge in [-0.25, -0.2) is 0 Å². The number of rotatable bonds is 4. The van der Waals surface area contributed by atoms with E-state index in [2.05, 4.69) is 6.07 Å². The van der Waals surface area contributed by atoms with Gasteiger partial charge in [0.1, 0.15) is 17.6 Å². The molecule has 0 aromatic heterocycles. The highest BCUT2D eigenvalue weighted by atomic mass is 35.5. The molecule has 20 heavy (non-hydrogen) atoms. The lowest BCUT2D eigenvalue weighted by Crippen LogP contribution is -2.02. The molecule has 0 fully saturated rings. The summed E-state index contributed by atoms with van der Waals surface area (Å²) in [5.74, 6) is 1.18. The predicted molar refractivity (Wildman–Crippen MR) is 82.7 cm³/mol. The maximum absolute atomic E-state index is 9.05. The highest BCUT2D eigenvalue weighted by Gasteiger charge is 2.06. The fraction of sp³-hybridized carbons (Fsp3) is 0.133. The third-order valence-corrected chi connectivity index (χ3v) is 2.86. The van der Waals surface area contributed by atoms with Gasteiger partial charge >= 0.3 is 0 Å². The molecule has 3 nitrogen and oxygen atoms in total. The summed E-state index contributed by atoms with van der Waals surface area (Å²) in [7, 11) is 0. The van der Waals surface area contributed by atoms with Crippen LogP contribution in [0.4, 0.5) is 0 Å². The van der Waals surface area contributed by atoms with E-state index in [0.717, 1.165) is 12.0 Å². The van der Waals surface area contributed by atoms with Crippen molar-refractivity contribution in [3.8, 4) is 17.6 Å². The fourth-order valence-electron chi connectivity index (χ4n) is 1.74. The van der Waals surface area contributed by atoms with Crippen LogP contribution in [0.3, 0.4) is 0 Å². The Bertz CT molecular complexity index is 624. The highest BCUT2D eigenvalue weighted by molar-refractivity contribution is 6.30. The van der Waals surface area contributed by atoms with Crippen LogP contribution < -0.4 is 10.5 Å². The number of halogens is 2. The van der Waals surface area contributed by atoms with Crippen molar-refractivity contribution in [2.24, 2.45) is 5.73 Å². The molecular formula is C15H14Cl2N2O. The van der Waals surface area contributed by atoms with Gasteiger partial charge in [-0.15, -0.1) is 12.4 Å². The van der Waals surface area contributed by atoms with E-state index in [0.29, 0.717) is 28.6 Å². The van der Waals surface area contributed by atoms with E-state index in [9.17, 15) is 0 Å². The minimum atomic E-state index is 0. The summed E-state index contributed by atoms with van der Waals surface area (Å²) in [4.78, 5) is 0. The Morgan fingerprint density at radius 3 is 2.70 bits per heavy atom. The van der Waals surface area contributed by atoms with Crippen LogP contribution >= 0.6 is 24.0 Å². The van der Waals surface area contributed by atoms with Crippen molar-refractivity contribution < 1.29 is 4.74 Å². The zero-order valence-corrected chi connectivity index (χ0v) is 12.2. The lowest BCUT2D eigenvalue weighted by molar-refractivity contribution is 0.480. The second kappa shape index (κ2) is 7.76. The number of benzene rings is 2. The number of hydrogen-bond acceptors (Lipinski definition) is 3. The summed E-state index contributed by atoms with van der Waals surface area (Å²) >= 11 is 5.84. The summed E-state index contributed by atoms with van der Waals surface area (Å²) in [6.45, 7) is 0.591. The summed E-state index contributed by atoms with van der Waals surface area (Å²) in [6, 6.07) is 14.7. The average Bonchev–Trinajstić information content (AvgIpc) is 2.41. The Morgan fingerprint density at radius 1 is 1.20 bits per heavy atom. The van der Waals surface area contributed by atoms with Crippen LogP contribution in [0.25, 0.3) is 0 Å². The van der Waals surface area contributed by atoms with Crippen LogP contribution in [-0.2, 0) is 6.42 Å². The number of ether oxygens (including phenoxy) is 1. The molecule has 0 atom stereocenters. The van der Waals surface area contributed by atoms with E-state index >= 15 is 0 Å². The molecule has 2 aromatic carbocycles. The standard InChI is InChI=1S/C15H13ClN2O.ClH/c16-13-4-5-15(12(9-13)10-18)19-14-3-1-2-11(8-14)6-7-17;/h1-5,8-9H,6-7,17H2;1H.